The molecular weight excluding hydrogens is 314 g/mol. The predicted octanol–water partition coefficient (Wildman–Crippen LogP) is 2.34. The molecule has 3 rings (SSSR count). The topological polar surface area (TPSA) is 76.3 Å². The van der Waals surface area contributed by atoms with E-state index in [4.69, 9.17) is 4.52 Å². The molecule has 1 aromatic heterocycles. The summed E-state index contributed by atoms with van der Waals surface area (Å²) in [6.45, 7) is 2.99. The molecule has 7 heteroatoms. The van der Waals surface area contributed by atoms with E-state index in [9.17, 15) is 8.42 Å². The summed E-state index contributed by atoms with van der Waals surface area (Å²) in [7, 11) is -3.27. The molecule has 0 bridgehead atoms. The van der Waals surface area contributed by atoms with Gasteiger partial charge in [-0.25, -0.2) is 12.7 Å². The van der Waals surface area contributed by atoms with E-state index in [2.05, 4.69) is 10.1 Å². The van der Waals surface area contributed by atoms with Gasteiger partial charge in [0.15, 0.2) is 5.82 Å². The molecule has 1 aliphatic rings. The molecule has 0 spiro atoms. The van der Waals surface area contributed by atoms with E-state index >= 15 is 0 Å². The largest absolute Gasteiger partial charge is 0.339 e. The van der Waals surface area contributed by atoms with Crippen LogP contribution in [0.2, 0.25) is 0 Å². The summed E-state index contributed by atoms with van der Waals surface area (Å²) in [5, 5.41) is 3.92. The third kappa shape index (κ3) is 3.79. The molecule has 1 fully saturated rings. The first-order valence-electron chi connectivity index (χ1n) is 7.92. The lowest BCUT2D eigenvalue weighted by Crippen LogP contribution is -2.38. The summed E-state index contributed by atoms with van der Waals surface area (Å²) in [4.78, 5) is 4.36. The minimum absolute atomic E-state index is 0.0546. The Morgan fingerprint density at radius 3 is 2.52 bits per heavy atom. The highest BCUT2D eigenvalue weighted by atomic mass is 32.2. The Kier molecular flexibility index (Phi) is 4.77. The molecule has 0 radical (unpaired) electrons. The second-order valence-corrected chi connectivity index (χ2v) is 7.79. The summed E-state index contributed by atoms with van der Waals surface area (Å²) in [6, 6.07) is 9.29. The second-order valence-electron chi connectivity index (χ2n) is 5.82. The third-order valence-corrected chi connectivity index (χ3v) is 6.04. The van der Waals surface area contributed by atoms with Crippen LogP contribution in [0.3, 0.4) is 0 Å². The Labute approximate surface area is 136 Å². The Balaban J connectivity index is 1.61. The van der Waals surface area contributed by atoms with Gasteiger partial charge in [-0.05, 0) is 18.4 Å². The number of hydrogen-bond donors (Lipinski definition) is 0. The van der Waals surface area contributed by atoms with Crippen molar-refractivity contribution in [2.75, 3.05) is 13.1 Å². The Hall–Kier alpha value is -1.73. The van der Waals surface area contributed by atoms with Gasteiger partial charge in [-0.2, -0.15) is 4.98 Å². The van der Waals surface area contributed by atoms with Crippen molar-refractivity contribution in [1.29, 1.82) is 0 Å². The van der Waals surface area contributed by atoms with Crippen LogP contribution >= 0.6 is 0 Å². The zero-order chi connectivity index (χ0) is 16.3. The Morgan fingerprint density at radius 1 is 1.22 bits per heavy atom. The maximum atomic E-state index is 12.5. The van der Waals surface area contributed by atoms with E-state index in [1.54, 1.807) is 4.31 Å². The minimum atomic E-state index is -3.27. The molecule has 0 saturated carbocycles. The van der Waals surface area contributed by atoms with Gasteiger partial charge in [0.05, 0.1) is 5.75 Å². The van der Waals surface area contributed by atoms with Crippen LogP contribution in [0.1, 0.15) is 43.0 Å². The zero-order valence-electron chi connectivity index (χ0n) is 13.2. The van der Waals surface area contributed by atoms with Gasteiger partial charge in [0.1, 0.15) is 0 Å². The van der Waals surface area contributed by atoms with E-state index in [1.807, 2.05) is 37.3 Å². The lowest BCUT2D eigenvalue weighted by atomic mass is 9.98. The lowest BCUT2D eigenvalue weighted by molar-refractivity contribution is 0.270. The van der Waals surface area contributed by atoms with Gasteiger partial charge in [-0.3, -0.25) is 0 Å². The number of aromatic nitrogens is 2. The fourth-order valence-corrected chi connectivity index (χ4v) is 4.40. The van der Waals surface area contributed by atoms with Crippen molar-refractivity contribution >= 4 is 10.0 Å². The van der Waals surface area contributed by atoms with Crippen molar-refractivity contribution in [3.8, 4) is 0 Å². The highest BCUT2D eigenvalue weighted by Gasteiger charge is 2.31. The molecule has 1 saturated heterocycles. The van der Waals surface area contributed by atoms with E-state index in [-0.39, 0.29) is 11.7 Å². The molecule has 1 aromatic carbocycles. The van der Waals surface area contributed by atoms with Gasteiger partial charge in [-0.1, -0.05) is 42.4 Å². The maximum Gasteiger partial charge on any atom is 0.229 e. The van der Waals surface area contributed by atoms with Gasteiger partial charge in [-0.15, -0.1) is 0 Å². The van der Waals surface area contributed by atoms with Crippen molar-refractivity contribution < 1.29 is 12.9 Å². The molecule has 0 unspecified atom stereocenters. The van der Waals surface area contributed by atoms with Crippen molar-refractivity contribution in [3.63, 3.8) is 0 Å². The third-order valence-electron chi connectivity index (χ3n) is 4.19. The van der Waals surface area contributed by atoms with E-state index in [0.717, 1.165) is 24.8 Å². The first kappa shape index (κ1) is 16.1. The van der Waals surface area contributed by atoms with Gasteiger partial charge < -0.3 is 4.52 Å². The summed E-state index contributed by atoms with van der Waals surface area (Å²) in [5.41, 5.74) is 0.819. The summed E-state index contributed by atoms with van der Waals surface area (Å²) in [6.07, 6.45) is 2.19. The van der Waals surface area contributed by atoms with Crippen LogP contribution in [0.15, 0.2) is 34.9 Å². The van der Waals surface area contributed by atoms with E-state index in [1.165, 1.54) is 0 Å². The average Bonchev–Trinajstić information content (AvgIpc) is 3.05. The Morgan fingerprint density at radius 2 is 1.91 bits per heavy atom. The molecule has 1 aliphatic heterocycles. The van der Waals surface area contributed by atoms with Gasteiger partial charge in [0.25, 0.3) is 0 Å². The van der Waals surface area contributed by atoms with Crippen LogP contribution in [0.5, 0.6) is 0 Å². The normalized spacial score (nSPS) is 17.4. The van der Waals surface area contributed by atoms with Gasteiger partial charge in [0.2, 0.25) is 15.9 Å². The molecule has 0 aliphatic carbocycles. The molecule has 0 N–H and O–H groups in total. The van der Waals surface area contributed by atoms with Crippen molar-refractivity contribution in [3.05, 3.63) is 47.6 Å². The number of piperidine rings is 1. The molecule has 2 heterocycles. The van der Waals surface area contributed by atoms with Crippen molar-refractivity contribution in [1.82, 2.24) is 14.4 Å². The van der Waals surface area contributed by atoms with Crippen LogP contribution in [-0.4, -0.2) is 36.0 Å². The number of hydrogen-bond acceptors (Lipinski definition) is 5. The highest BCUT2D eigenvalue weighted by Crippen LogP contribution is 2.28. The highest BCUT2D eigenvalue weighted by molar-refractivity contribution is 7.88. The smallest absolute Gasteiger partial charge is 0.229 e. The minimum Gasteiger partial charge on any atom is -0.339 e. The van der Waals surface area contributed by atoms with Crippen LogP contribution in [0, 0.1) is 0 Å². The standard InChI is InChI=1S/C16H21N3O3S/c1-2-15-17-16(22-18-15)14-8-10-19(11-9-14)23(20,21)12-13-6-4-3-5-7-13/h3-7,14H,2,8-12H2,1H3. The van der Waals surface area contributed by atoms with Crippen molar-refractivity contribution in [2.45, 2.75) is 37.9 Å². The fourth-order valence-electron chi connectivity index (χ4n) is 2.83. The maximum absolute atomic E-state index is 12.5. The number of rotatable bonds is 5. The fraction of sp³-hybridized carbons (Fsp3) is 0.500. The first-order chi connectivity index (χ1) is 11.1. The molecule has 124 valence electrons. The lowest BCUT2D eigenvalue weighted by Gasteiger charge is -2.29. The van der Waals surface area contributed by atoms with Crippen molar-refractivity contribution in [2.24, 2.45) is 0 Å². The number of aryl methyl sites for hydroxylation is 1. The first-order valence-corrected chi connectivity index (χ1v) is 9.53. The molecule has 0 amide bonds. The average molecular weight is 335 g/mol. The second kappa shape index (κ2) is 6.80. The predicted molar refractivity (Wildman–Crippen MR) is 86.3 cm³/mol. The summed E-state index contributed by atoms with van der Waals surface area (Å²) in [5.74, 6) is 1.56. The van der Waals surface area contributed by atoms with Gasteiger partial charge in [0, 0.05) is 25.4 Å². The Bertz CT molecular complexity index is 735. The molecule has 0 atom stereocenters. The molecular formula is C16H21N3O3S. The number of nitrogens with zero attached hydrogens (tertiary/aromatic N) is 3. The summed E-state index contributed by atoms with van der Waals surface area (Å²) >= 11 is 0. The molecule has 23 heavy (non-hydrogen) atoms. The zero-order valence-corrected chi connectivity index (χ0v) is 14.0. The quantitative estimate of drug-likeness (QED) is 0.838. The van der Waals surface area contributed by atoms with Gasteiger partial charge >= 0.3 is 0 Å². The number of sulfonamides is 1. The van der Waals surface area contributed by atoms with Crippen LogP contribution < -0.4 is 0 Å². The monoisotopic (exact) mass is 335 g/mol. The number of benzene rings is 1. The molecule has 2 aromatic rings. The van der Waals surface area contributed by atoms with Crippen LogP contribution in [0.25, 0.3) is 0 Å². The van der Waals surface area contributed by atoms with E-state index in [0.29, 0.717) is 24.8 Å². The van der Waals surface area contributed by atoms with E-state index < -0.39 is 10.0 Å². The summed E-state index contributed by atoms with van der Waals surface area (Å²) < 4.78 is 31.9. The molecule has 6 nitrogen and oxygen atoms in total. The van der Waals surface area contributed by atoms with Crippen LogP contribution in [-0.2, 0) is 22.2 Å². The SMILES string of the molecule is CCc1noc(C2CCN(S(=O)(=O)Cc3ccccc3)CC2)n1. The van der Waals surface area contributed by atoms with Crippen LogP contribution in [0.4, 0.5) is 0 Å².